The van der Waals surface area contributed by atoms with E-state index in [4.69, 9.17) is 4.98 Å². The van der Waals surface area contributed by atoms with Crippen LogP contribution >= 0.6 is 0 Å². The first kappa shape index (κ1) is 27.5. The van der Waals surface area contributed by atoms with Gasteiger partial charge in [0.25, 0.3) is 0 Å². The Morgan fingerprint density at radius 1 is 0.667 bits per heavy atom. The van der Waals surface area contributed by atoms with Crippen molar-refractivity contribution >= 4 is 48.2 Å². The molecule has 1 aromatic heterocycles. The number of imidazole rings is 1. The third-order valence-electron chi connectivity index (χ3n) is 8.06. The molecule has 0 spiro atoms. The van der Waals surface area contributed by atoms with Crippen LogP contribution in [0.2, 0.25) is 0 Å². The van der Waals surface area contributed by atoms with E-state index in [9.17, 15) is 0 Å². The molecule has 6 aromatic rings. The minimum absolute atomic E-state index is 0.839. The van der Waals surface area contributed by atoms with Gasteiger partial charge >= 0.3 is 0 Å². The van der Waals surface area contributed by atoms with Gasteiger partial charge in [-0.05, 0) is 38.7 Å². The lowest BCUT2D eigenvalue weighted by Gasteiger charge is -2.35. The van der Waals surface area contributed by atoms with E-state index in [1.807, 2.05) is 6.20 Å². The van der Waals surface area contributed by atoms with Gasteiger partial charge in [0.1, 0.15) is 0 Å². The van der Waals surface area contributed by atoms with Crippen molar-refractivity contribution in [3.63, 3.8) is 0 Å². The van der Waals surface area contributed by atoms with Crippen molar-refractivity contribution < 1.29 is 0 Å². The van der Waals surface area contributed by atoms with Crippen LogP contribution in [0.3, 0.4) is 0 Å². The van der Waals surface area contributed by atoms with E-state index in [-0.39, 0.29) is 0 Å². The first-order valence-electron chi connectivity index (χ1n) is 14.6. The van der Waals surface area contributed by atoms with E-state index in [1.54, 1.807) is 0 Å². The van der Waals surface area contributed by atoms with Gasteiger partial charge in [0.05, 0.1) is 5.72 Å². The van der Waals surface area contributed by atoms with Crippen LogP contribution in [0.1, 0.15) is 23.6 Å². The Hall–Kier alpha value is -4.67. The fourth-order valence-corrected chi connectivity index (χ4v) is 10.4. The second-order valence-electron chi connectivity index (χ2n) is 10.6. The Morgan fingerprint density at radius 2 is 1.19 bits per heavy atom. The first-order chi connectivity index (χ1) is 20.8. The summed E-state index contributed by atoms with van der Waals surface area (Å²) in [6.07, 6.45) is 8.20. The van der Waals surface area contributed by atoms with Gasteiger partial charge in [0, 0.05) is 18.6 Å². The lowest BCUT2D eigenvalue weighted by Crippen LogP contribution is -2.70. The zero-order valence-corrected chi connectivity index (χ0v) is 25.0. The Morgan fingerprint density at radius 3 is 1.76 bits per heavy atom. The van der Waals surface area contributed by atoms with E-state index in [0.29, 0.717) is 0 Å². The number of hydrogen-bond acceptors (Lipinski definition) is 1. The van der Waals surface area contributed by atoms with Gasteiger partial charge < -0.3 is 4.57 Å². The molecule has 203 valence electrons. The van der Waals surface area contributed by atoms with Crippen molar-refractivity contribution in [2.24, 2.45) is 0 Å². The molecule has 0 aliphatic heterocycles. The zero-order chi connectivity index (χ0) is 28.6. The van der Waals surface area contributed by atoms with Gasteiger partial charge in [-0.15, -0.1) is 0 Å². The molecule has 0 fully saturated rings. The third kappa shape index (κ3) is 5.86. The summed E-state index contributed by atoms with van der Waals surface area (Å²) in [6, 6.07) is 52.7. The quantitative estimate of drug-likeness (QED) is 0.120. The summed E-state index contributed by atoms with van der Waals surface area (Å²) in [6.45, 7) is 2.22. The van der Waals surface area contributed by atoms with Gasteiger partial charge in [-0.1, -0.05) is 164 Å². The fraction of sp³-hybridized carbons (Fsp3) is 0.0789. The minimum Gasteiger partial charge on any atom is -0.345 e. The van der Waals surface area contributed by atoms with Gasteiger partial charge in [-0.2, -0.15) is 0 Å². The lowest BCUT2D eigenvalue weighted by atomic mass is 9.65. The standard InChI is InChI=1S/C38H34BN2Si/c1-2-31-23-25-36(26-24-31)42(34-19-11-5-12-20-34,35-21-13-6-14-22-35)30-41-28-27-40-38(41)39-37(33-17-9-4-10-18-33)29-32-15-7-3-8-16-32/h3-29H,2,30H2,1H3. The number of aryl methyl sites for hydroxylation is 1. The smallest absolute Gasteiger partial charge is 0.241 e. The van der Waals surface area contributed by atoms with Gasteiger partial charge in [0.15, 0.2) is 8.07 Å². The summed E-state index contributed by atoms with van der Waals surface area (Å²) < 4.78 is 2.36. The highest BCUT2D eigenvalue weighted by molar-refractivity contribution is 7.10. The van der Waals surface area contributed by atoms with Crippen LogP contribution in [0.5, 0.6) is 0 Å². The second-order valence-corrected chi connectivity index (χ2v) is 14.5. The normalized spacial score (nSPS) is 11.8. The summed E-state index contributed by atoms with van der Waals surface area (Å²) in [5.41, 5.74) is 5.78. The number of rotatable bonds is 10. The van der Waals surface area contributed by atoms with Crippen molar-refractivity contribution in [1.29, 1.82) is 0 Å². The van der Waals surface area contributed by atoms with E-state index in [2.05, 4.69) is 177 Å². The Kier molecular flexibility index (Phi) is 8.44. The highest BCUT2D eigenvalue weighted by Crippen LogP contribution is 2.18. The maximum absolute atomic E-state index is 4.90. The summed E-state index contributed by atoms with van der Waals surface area (Å²) in [5, 5.41) is 4.19. The summed E-state index contributed by atoms with van der Waals surface area (Å²) in [4.78, 5) is 4.90. The molecule has 0 aliphatic rings. The van der Waals surface area contributed by atoms with Gasteiger partial charge in [-0.3, -0.25) is 4.98 Å². The molecule has 0 aliphatic carbocycles. The van der Waals surface area contributed by atoms with Crippen molar-refractivity contribution in [2.45, 2.75) is 19.5 Å². The topological polar surface area (TPSA) is 17.8 Å². The van der Waals surface area contributed by atoms with Gasteiger partial charge in [0.2, 0.25) is 7.28 Å². The Balaban J connectivity index is 1.48. The average Bonchev–Trinajstić information content (AvgIpc) is 3.51. The third-order valence-corrected chi connectivity index (χ3v) is 12.8. The SMILES string of the molecule is CCc1ccc([Si](Cn2ccnc2[B]C(=Cc2ccccc2)c2ccccc2)(c2ccccc2)c2ccccc2)cc1. The molecule has 0 saturated carbocycles. The van der Waals surface area contributed by atoms with Crippen molar-refractivity contribution in [1.82, 2.24) is 9.55 Å². The molecule has 0 atom stereocenters. The number of hydrogen-bond donors (Lipinski definition) is 0. The van der Waals surface area contributed by atoms with Crippen LogP contribution in [-0.4, -0.2) is 24.9 Å². The van der Waals surface area contributed by atoms with E-state index in [0.717, 1.165) is 23.8 Å². The van der Waals surface area contributed by atoms with E-state index < -0.39 is 8.07 Å². The molecule has 0 saturated heterocycles. The van der Waals surface area contributed by atoms with Crippen molar-refractivity contribution in [3.8, 4) is 0 Å². The molecule has 1 radical (unpaired) electrons. The maximum Gasteiger partial charge on any atom is 0.241 e. The average molecular weight is 558 g/mol. The minimum atomic E-state index is -2.52. The largest absolute Gasteiger partial charge is 0.345 e. The van der Waals surface area contributed by atoms with E-state index >= 15 is 0 Å². The summed E-state index contributed by atoms with van der Waals surface area (Å²) in [5.74, 6) is 0. The fourth-order valence-electron chi connectivity index (χ4n) is 5.80. The molecule has 42 heavy (non-hydrogen) atoms. The van der Waals surface area contributed by atoms with Crippen LogP contribution in [0, 0.1) is 0 Å². The molecule has 5 aromatic carbocycles. The molecular formula is C38H34BN2Si. The summed E-state index contributed by atoms with van der Waals surface area (Å²) in [7, 11) is -0.283. The molecule has 1 heterocycles. The number of nitrogens with zero attached hydrogens (tertiary/aromatic N) is 2. The first-order valence-corrected chi connectivity index (χ1v) is 16.9. The van der Waals surface area contributed by atoms with Crippen LogP contribution in [0.25, 0.3) is 11.5 Å². The predicted molar refractivity (Wildman–Crippen MR) is 182 cm³/mol. The number of benzene rings is 5. The van der Waals surface area contributed by atoms with Crippen molar-refractivity contribution in [3.05, 3.63) is 175 Å². The summed E-state index contributed by atoms with van der Waals surface area (Å²) >= 11 is 0. The number of aromatic nitrogens is 2. The maximum atomic E-state index is 4.90. The van der Waals surface area contributed by atoms with Crippen LogP contribution < -0.4 is 21.3 Å². The second kappa shape index (κ2) is 12.9. The lowest BCUT2D eigenvalue weighted by molar-refractivity contribution is 0.893. The van der Waals surface area contributed by atoms with Crippen molar-refractivity contribution in [2.75, 3.05) is 0 Å². The van der Waals surface area contributed by atoms with Gasteiger partial charge in [-0.25, -0.2) is 0 Å². The molecule has 6 rings (SSSR count). The van der Waals surface area contributed by atoms with Crippen LogP contribution in [0.15, 0.2) is 158 Å². The van der Waals surface area contributed by atoms with Crippen LogP contribution in [0.4, 0.5) is 0 Å². The molecule has 4 heteroatoms. The zero-order valence-electron chi connectivity index (χ0n) is 24.0. The molecule has 0 unspecified atom stereocenters. The van der Waals surface area contributed by atoms with Crippen LogP contribution in [-0.2, 0) is 12.6 Å². The Bertz CT molecular complexity index is 1690. The monoisotopic (exact) mass is 557 g/mol. The molecule has 0 N–H and O–H groups in total. The Labute approximate surface area is 251 Å². The highest BCUT2D eigenvalue weighted by atomic mass is 28.3. The molecular weight excluding hydrogens is 523 g/mol. The highest BCUT2D eigenvalue weighted by Gasteiger charge is 2.40. The molecule has 2 nitrogen and oxygen atoms in total. The predicted octanol–water partition coefficient (Wildman–Crippen LogP) is 5.68. The molecule has 0 bridgehead atoms. The molecule has 0 amide bonds. The van der Waals surface area contributed by atoms with E-state index in [1.165, 1.54) is 32.3 Å².